The second kappa shape index (κ2) is 47.6. The summed E-state index contributed by atoms with van der Waals surface area (Å²) < 4.78 is 5.71. The number of aliphatic hydroxyl groups excluding tert-OH is 1. The summed E-state index contributed by atoms with van der Waals surface area (Å²) >= 11 is 0. The number of nitrogens with one attached hydrogen (secondary N) is 14. The molecule has 1 saturated heterocycles. The summed E-state index contributed by atoms with van der Waals surface area (Å²) in [5, 5.41) is 68.7. The van der Waals surface area contributed by atoms with Gasteiger partial charge in [0.1, 0.15) is 72.6 Å². The molecule has 1 aliphatic heterocycles. The van der Waals surface area contributed by atoms with E-state index >= 15 is 0 Å². The topological polar surface area (TPSA) is 708 Å². The average molecular weight is 1620 g/mol. The van der Waals surface area contributed by atoms with Crippen molar-refractivity contribution in [3.8, 4) is 0 Å². The van der Waals surface area contributed by atoms with Gasteiger partial charge in [-0.05, 0) is 69.3 Å². The van der Waals surface area contributed by atoms with Crippen LogP contribution in [0.5, 0.6) is 0 Å². The van der Waals surface area contributed by atoms with Gasteiger partial charge < -0.3 is 122 Å². The van der Waals surface area contributed by atoms with Crippen LogP contribution in [-0.2, 0) is 102 Å². The number of carboxylic acids is 3. The first-order valence-corrected chi connectivity index (χ1v) is 36.9. The molecule has 0 aliphatic carbocycles. The number of cyclic esters (lactones) is 1. The van der Waals surface area contributed by atoms with E-state index in [4.69, 9.17) is 27.7 Å². The summed E-state index contributed by atoms with van der Waals surface area (Å²) in [5.74, 6) is -28.9. The molecule has 1 fully saturated rings. The first kappa shape index (κ1) is 94.7. The van der Waals surface area contributed by atoms with Crippen LogP contribution < -0.4 is 92.1 Å². The number of carbonyl (C=O) groups excluding carboxylic acids is 17. The van der Waals surface area contributed by atoms with Crippen LogP contribution in [0.4, 0.5) is 5.69 Å². The van der Waals surface area contributed by atoms with Crippen LogP contribution in [0.3, 0.4) is 0 Å². The number of Topliss-reactive ketones (excluding diaryl/α,β-unsaturated/α-hetero) is 1. The number of hydrogen-bond acceptors (Lipinski definition) is 24. The van der Waals surface area contributed by atoms with Gasteiger partial charge in [0.05, 0.1) is 51.8 Å². The van der Waals surface area contributed by atoms with E-state index in [1.807, 2.05) is 16.0 Å². The fourth-order valence-electron chi connectivity index (χ4n) is 11.8. The number of ether oxygens (including phenoxy) is 1. The summed E-state index contributed by atoms with van der Waals surface area (Å²) in [4.78, 5) is 277. The van der Waals surface area contributed by atoms with Gasteiger partial charge in [-0.15, -0.1) is 0 Å². The lowest BCUT2D eigenvalue weighted by Crippen LogP contribution is -2.62. The third kappa shape index (κ3) is 32.5. The van der Waals surface area contributed by atoms with Crippen molar-refractivity contribution < 1.29 is 121 Å². The Labute approximate surface area is 658 Å². The van der Waals surface area contributed by atoms with Gasteiger partial charge in [0.25, 0.3) is 0 Å². The molecule has 15 amide bonds. The maximum atomic E-state index is 14.9. The van der Waals surface area contributed by atoms with E-state index in [9.17, 15) is 116 Å². The van der Waals surface area contributed by atoms with Crippen LogP contribution in [0, 0.1) is 5.92 Å². The smallest absolute Gasteiger partial charge is 0.329 e. The van der Waals surface area contributed by atoms with Crippen molar-refractivity contribution in [2.24, 2.45) is 23.1 Å². The number of benzene rings is 2. The molecule has 2 aromatic carbocycles. The van der Waals surface area contributed by atoms with Crippen LogP contribution in [0.15, 0.2) is 54.7 Å². The van der Waals surface area contributed by atoms with Gasteiger partial charge in [-0.25, -0.2) is 4.79 Å². The number of aromatic amines is 1. The van der Waals surface area contributed by atoms with E-state index in [0.717, 1.165) is 52.9 Å². The molecule has 26 N–H and O–H groups in total. The predicted octanol–water partition coefficient (Wildman–Crippen LogP) is -6.22. The van der Waals surface area contributed by atoms with Gasteiger partial charge in [0.2, 0.25) is 88.6 Å². The molecule has 115 heavy (non-hydrogen) atoms. The fraction of sp³-hybridized carbons (Fsp3) is 0.528. The maximum Gasteiger partial charge on any atom is 0.329 e. The third-order valence-corrected chi connectivity index (χ3v) is 17.9. The highest BCUT2D eigenvalue weighted by Gasteiger charge is 2.41. The van der Waals surface area contributed by atoms with Gasteiger partial charge in [0.15, 0.2) is 5.78 Å². The van der Waals surface area contributed by atoms with Gasteiger partial charge in [-0.1, -0.05) is 82.7 Å². The van der Waals surface area contributed by atoms with Crippen molar-refractivity contribution in [2.45, 2.75) is 209 Å². The number of aromatic nitrogens is 1. The largest absolute Gasteiger partial charge is 0.481 e. The molecule has 4 rings (SSSR count). The molecule has 630 valence electrons. The molecule has 1 aromatic heterocycles. The molecule has 0 bridgehead atoms. The summed E-state index contributed by atoms with van der Waals surface area (Å²) in [6.45, 7) is 1.20. The van der Waals surface area contributed by atoms with Crippen molar-refractivity contribution in [3.63, 3.8) is 0 Å². The number of hydrogen-bond donors (Lipinski definition) is 22. The molecule has 2 heterocycles. The number of nitrogen functional groups attached to an aromatic ring is 1. The Hall–Kier alpha value is -12.7. The number of aliphatic hydroxyl groups is 1. The SMILES string of the molecule is CCCCCCCCCC(=O)N[C@@H](Cc1c[nH]c2ccccc12)C(=O)N[C@@H](CC(N)=O)C(=O)N[C@@H](CC(N)=O)C(=O)NC1C(=O)NCC(=O)N[C@@H](CCCN)C(=O)NC(CC(=O)O)C(=O)N[C@H](C)C(=O)N[C@@H](CC(=O)O)C(=O)NCC(=O)N[C@H](CO)C(=O)NC([C@H](C)CC(=O)O)C(=O)N[C@@H](CC(=O)c2ccccc2N)C(=O)OC1C. The highest BCUT2D eigenvalue weighted by Crippen LogP contribution is 2.22. The number of esters is 1. The van der Waals surface area contributed by atoms with Crippen LogP contribution >= 0.6 is 0 Å². The Morgan fingerprint density at radius 1 is 0.548 bits per heavy atom. The maximum absolute atomic E-state index is 14.9. The Morgan fingerprint density at radius 3 is 1.67 bits per heavy atom. The Kier molecular flexibility index (Phi) is 39.2. The van der Waals surface area contributed by atoms with E-state index in [0.29, 0.717) is 29.3 Å². The molecule has 1 aliphatic rings. The number of anilines is 1. The summed E-state index contributed by atoms with van der Waals surface area (Å²) in [6, 6.07) is -10.2. The van der Waals surface area contributed by atoms with Crippen LogP contribution in [-0.4, -0.2) is 242 Å². The summed E-state index contributed by atoms with van der Waals surface area (Å²) in [5.41, 5.74) is 23.8. The van der Waals surface area contributed by atoms with Gasteiger partial charge in [-0.2, -0.15) is 0 Å². The number of carboxylic acid groups (broad SMARTS) is 3. The average Bonchev–Trinajstić information content (AvgIpc) is 1.72. The minimum Gasteiger partial charge on any atom is -0.481 e. The molecular weight excluding hydrogens is 1520 g/mol. The number of nitrogens with two attached hydrogens (primary N) is 4. The van der Waals surface area contributed by atoms with Crippen molar-refractivity contribution >= 4 is 135 Å². The quantitative estimate of drug-likeness (QED) is 0.0113. The van der Waals surface area contributed by atoms with Crippen molar-refractivity contribution in [3.05, 3.63) is 65.9 Å². The number of aliphatic carboxylic acids is 3. The number of unbranched alkanes of at least 4 members (excludes halogenated alkanes) is 6. The molecule has 13 atom stereocenters. The Bertz CT molecular complexity index is 4040. The number of H-pyrrole nitrogens is 1. The molecule has 4 unspecified atom stereocenters. The van der Waals surface area contributed by atoms with Crippen molar-refractivity contribution in [1.82, 2.24) is 74.1 Å². The first-order valence-electron chi connectivity index (χ1n) is 36.9. The number of carbonyl (C=O) groups is 20. The lowest BCUT2D eigenvalue weighted by atomic mass is 9.96. The normalized spacial score (nSPS) is 21.2. The van der Waals surface area contributed by atoms with Crippen LogP contribution in [0.1, 0.15) is 146 Å². The van der Waals surface area contributed by atoms with E-state index in [2.05, 4.69) is 65.1 Å². The molecule has 43 heteroatoms. The Balaban J connectivity index is 1.87. The second-order valence-corrected chi connectivity index (χ2v) is 27.3. The molecule has 3 aromatic rings. The number of amides is 15. The van der Waals surface area contributed by atoms with Crippen molar-refractivity contribution in [2.75, 3.05) is 32.0 Å². The molecule has 0 spiro atoms. The number of rotatable bonds is 35. The van der Waals surface area contributed by atoms with E-state index in [1.165, 1.54) is 24.3 Å². The number of para-hydroxylation sites is 2. The zero-order valence-corrected chi connectivity index (χ0v) is 63.7. The minimum atomic E-state index is -2.41. The van der Waals surface area contributed by atoms with E-state index < -0.39 is 255 Å². The van der Waals surface area contributed by atoms with Crippen molar-refractivity contribution in [1.29, 1.82) is 0 Å². The van der Waals surface area contributed by atoms with Gasteiger partial charge in [0, 0.05) is 47.6 Å². The monoisotopic (exact) mass is 1620 g/mol. The van der Waals surface area contributed by atoms with Crippen LogP contribution in [0.2, 0.25) is 0 Å². The van der Waals surface area contributed by atoms with Crippen LogP contribution in [0.25, 0.3) is 10.9 Å². The molecule has 0 radical (unpaired) electrons. The number of ketones is 1. The number of fused-ring (bicyclic) bond motifs is 1. The highest BCUT2D eigenvalue weighted by atomic mass is 16.5. The number of primary amides is 2. The minimum absolute atomic E-state index is 0.00676. The highest BCUT2D eigenvalue weighted by molar-refractivity contribution is 6.05. The van der Waals surface area contributed by atoms with E-state index in [1.54, 1.807) is 30.5 Å². The van der Waals surface area contributed by atoms with Gasteiger partial charge in [-0.3, -0.25) is 91.1 Å². The van der Waals surface area contributed by atoms with E-state index in [-0.39, 0.29) is 43.5 Å². The molecular formula is C72H102N18O25. The molecule has 43 nitrogen and oxygen atoms in total. The lowest BCUT2D eigenvalue weighted by Gasteiger charge is -2.30. The standard InChI is InChI=1S/C72H102N18O25/c1-5-6-7-8-9-10-11-22-54(95)82-44(25-38-31-77-42-20-15-13-17-39(38)42)66(108)85-45(27-52(75)93)67(109)86-46(28-53(76)94)68(110)90-61-37(4)115-72(114)49(26-51(92)40-18-12-14-19-41(40)74)88-71(113)60(35(2)24-57(98)99)89-69(111)50(34-91)83-56(97)32-78-63(105)47(29-58(100)101)84-62(104)36(3)80-65(107)48(30-59(102)103)87-64(106)43(21-16-23-73)81-55(96)33-79-70(61)112/h12-15,17-20,31,35-37,43-50,60-61,77,91H,5-11,16,21-30,32-34,73-74H2,1-4H3,(H2,75,93)(H2,76,94)(H,78,105)(H,79,112)(H,80,107)(H,81,96)(H,82,95)(H,83,97)(H,84,104)(H,85,108)(H,86,109)(H,87,106)(H,88,113)(H,89,111)(H,90,110)(H,98,99)(H,100,101)(H,102,103)/t35-,36-,37?,43+,44+,45+,46+,47+,48?,49+,50-,60?,61?/m1/s1. The summed E-state index contributed by atoms with van der Waals surface area (Å²) in [7, 11) is 0. The zero-order valence-electron chi connectivity index (χ0n) is 63.7. The second-order valence-electron chi connectivity index (χ2n) is 27.3. The first-order chi connectivity index (χ1) is 54.4. The summed E-state index contributed by atoms with van der Waals surface area (Å²) in [6.07, 6.45) is -1.91. The third-order valence-electron chi connectivity index (χ3n) is 17.9. The Morgan fingerprint density at radius 2 is 1.08 bits per heavy atom. The van der Waals surface area contributed by atoms with Gasteiger partial charge >= 0.3 is 23.9 Å². The zero-order chi connectivity index (χ0) is 85.8. The molecule has 0 saturated carbocycles. The lowest BCUT2D eigenvalue weighted by molar-refractivity contribution is -0.156. The predicted molar refractivity (Wildman–Crippen MR) is 402 cm³/mol. The fourth-order valence-corrected chi connectivity index (χ4v) is 11.8.